The van der Waals surface area contributed by atoms with Gasteiger partial charge in [0.05, 0.1) is 12.6 Å². The Bertz CT molecular complexity index is 1010. The molecule has 2 atom stereocenters. The van der Waals surface area contributed by atoms with Gasteiger partial charge in [-0.2, -0.15) is 0 Å². The van der Waals surface area contributed by atoms with Crippen LogP contribution >= 0.6 is 0 Å². The second-order valence-electron chi connectivity index (χ2n) is 10.6. The molecule has 2 aromatic rings. The molecule has 0 radical (unpaired) electrons. The summed E-state index contributed by atoms with van der Waals surface area (Å²) in [6, 6.07) is 14.7. The summed E-state index contributed by atoms with van der Waals surface area (Å²) in [6.45, 7) is 8.71. The molecule has 2 bridgehead atoms. The van der Waals surface area contributed by atoms with E-state index in [2.05, 4.69) is 54.4 Å². The van der Waals surface area contributed by atoms with Crippen molar-refractivity contribution in [2.75, 3.05) is 40.0 Å². The Kier molecular flexibility index (Phi) is 6.54. The largest absolute Gasteiger partial charge is 0.491 e. The summed E-state index contributed by atoms with van der Waals surface area (Å²) in [5.41, 5.74) is 4.73. The normalized spacial score (nSPS) is 26.7. The number of carbonyl (C=O) groups is 1. The Morgan fingerprint density at radius 3 is 2.47 bits per heavy atom. The number of hydrogen-bond donors (Lipinski definition) is 1. The maximum Gasteiger partial charge on any atom is 0.407 e. The van der Waals surface area contributed by atoms with Crippen LogP contribution in [-0.4, -0.2) is 57.1 Å². The second kappa shape index (κ2) is 9.59. The van der Waals surface area contributed by atoms with Crippen LogP contribution < -0.4 is 10.1 Å². The molecule has 6 nitrogen and oxygen atoms in total. The lowest BCUT2D eigenvalue weighted by atomic mass is 9.85. The third-order valence-corrected chi connectivity index (χ3v) is 7.74. The zero-order valence-corrected chi connectivity index (χ0v) is 20.5. The summed E-state index contributed by atoms with van der Waals surface area (Å²) in [4.78, 5) is 15.3. The van der Waals surface area contributed by atoms with Gasteiger partial charge in [-0.25, -0.2) is 4.79 Å². The molecular formula is C28H36N2O4. The van der Waals surface area contributed by atoms with E-state index in [1.165, 1.54) is 16.7 Å². The Balaban J connectivity index is 1.26. The topological polar surface area (TPSA) is 60.0 Å². The highest BCUT2D eigenvalue weighted by Crippen LogP contribution is 2.46. The van der Waals surface area contributed by atoms with Gasteiger partial charge in [-0.15, -0.1) is 0 Å². The predicted octanol–water partition coefficient (Wildman–Crippen LogP) is 4.82. The number of carbonyl (C=O) groups excluding carboxylic acids is 1. The molecule has 3 saturated heterocycles. The van der Waals surface area contributed by atoms with Crippen LogP contribution in [0.25, 0.3) is 11.1 Å². The van der Waals surface area contributed by atoms with Crippen LogP contribution in [0.3, 0.4) is 0 Å². The number of piperidine rings is 3. The third-order valence-electron chi connectivity index (χ3n) is 7.74. The van der Waals surface area contributed by atoms with E-state index in [0.717, 1.165) is 50.2 Å². The predicted molar refractivity (Wildman–Crippen MR) is 132 cm³/mol. The summed E-state index contributed by atoms with van der Waals surface area (Å²) >= 11 is 0. The van der Waals surface area contributed by atoms with E-state index in [9.17, 15) is 4.79 Å². The fraction of sp³-hybridized carbons (Fsp3) is 0.536. The SMILES string of the molecule is COCCOc1ccc(-c2ccc3c(c2)CC(C)(C)C3NC(=O)O[C@H]2CN3CCC2CC3)cc1. The smallest absolute Gasteiger partial charge is 0.407 e. The van der Waals surface area contributed by atoms with E-state index in [-0.39, 0.29) is 23.7 Å². The van der Waals surface area contributed by atoms with E-state index in [1.807, 2.05) is 12.1 Å². The summed E-state index contributed by atoms with van der Waals surface area (Å²) in [7, 11) is 1.67. The molecule has 6 heteroatoms. The highest BCUT2D eigenvalue weighted by atomic mass is 16.6. The molecule has 2 aromatic carbocycles. The molecule has 34 heavy (non-hydrogen) atoms. The number of hydrogen-bond acceptors (Lipinski definition) is 5. The first-order valence-electron chi connectivity index (χ1n) is 12.5. The van der Waals surface area contributed by atoms with Gasteiger partial charge in [-0.1, -0.05) is 44.2 Å². The standard InChI is InChI=1S/C28H36N2O4/c1-28(2)17-22-16-21(19-4-7-23(8-5-19)33-15-14-32-3)6-9-24(22)26(28)29-27(31)34-25-18-30-12-10-20(25)11-13-30/h4-9,16,20,25-26H,10-15,17-18H2,1-3H3,(H,29,31)/t25-,26?/m0/s1. The molecule has 4 aliphatic rings. The van der Waals surface area contributed by atoms with Crippen LogP contribution in [0.15, 0.2) is 42.5 Å². The quantitative estimate of drug-likeness (QED) is 0.595. The van der Waals surface area contributed by atoms with Gasteiger partial charge in [0.15, 0.2) is 0 Å². The number of fused-ring (bicyclic) bond motifs is 4. The highest BCUT2D eigenvalue weighted by molar-refractivity contribution is 5.70. The van der Waals surface area contributed by atoms with Crippen molar-refractivity contribution in [2.45, 2.75) is 45.3 Å². The molecule has 0 spiro atoms. The minimum Gasteiger partial charge on any atom is -0.491 e. The number of amides is 1. The Hall–Kier alpha value is -2.57. The van der Waals surface area contributed by atoms with Crippen LogP contribution in [0.4, 0.5) is 4.79 Å². The molecule has 0 aromatic heterocycles. The second-order valence-corrected chi connectivity index (χ2v) is 10.6. The Morgan fingerprint density at radius 2 is 1.79 bits per heavy atom. The lowest BCUT2D eigenvalue weighted by Gasteiger charge is -2.44. The summed E-state index contributed by atoms with van der Waals surface area (Å²) in [5.74, 6) is 1.35. The number of methoxy groups -OCH3 is 1. The molecule has 3 fully saturated rings. The van der Waals surface area contributed by atoms with Crippen molar-refractivity contribution < 1.29 is 19.0 Å². The van der Waals surface area contributed by atoms with Crippen molar-refractivity contribution in [3.63, 3.8) is 0 Å². The van der Waals surface area contributed by atoms with Crippen LogP contribution in [0, 0.1) is 11.3 Å². The van der Waals surface area contributed by atoms with Crippen molar-refractivity contribution in [3.05, 3.63) is 53.6 Å². The average molecular weight is 465 g/mol. The zero-order chi connectivity index (χ0) is 23.7. The molecular weight excluding hydrogens is 428 g/mol. The van der Waals surface area contributed by atoms with E-state index < -0.39 is 0 Å². The van der Waals surface area contributed by atoms with E-state index in [4.69, 9.17) is 14.2 Å². The van der Waals surface area contributed by atoms with E-state index >= 15 is 0 Å². The first kappa shape index (κ1) is 23.2. The summed E-state index contributed by atoms with van der Waals surface area (Å²) in [6.07, 6.45) is 2.93. The minimum atomic E-state index is -0.280. The Morgan fingerprint density at radius 1 is 1.06 bits per heavy atom. The van der Waals surface area contributed by atoms with Gasteiger partial charge >= 0.3 is 6.09 Å². The van der Waals surface area contributed by atoms with Gasteiger partial charge in [0.25, 0.3) is 0 Å². The molecule has 1 amide bonds. The van der Waals surface area contributed by atoms with Gasteiger partial charge in [0, 0.05) is 13.7 Å². The lowest BCUT2D eigenvalue weighted by molar-refractivity contribution is -0.0348. The van der Waals surface area contributed by atoms with Crippen molar-refractivity contribution >= 4 is 6.09 Å². The third kappa shape index (κ3) is 4.80. The number of benzene rings is 2. The number of nitrogens with one attached hydrogen (secondary N) is 1. The number of rotatable bonds is 7. The molecule has 0 saturated carbocycles. The van der Waals surface area contributed by atoms with Crippen molar-refractivity contribution in [1.82, 2.24) is 10.2 Å². The van der Waals surface area contributed by atoms with Crippen molar-refractivity contribution in [2.24, 2.45) is 11.3 Å². The number of alkyl carbamates (subject to hydrolysis) is 1. The molecule has 182 valence electrons. The maximum absolute atomic E-state index is 12.9. The monoisotopic (exact) mass is 464 g/mol. The Labute approximate surface area is 202 Å². The lowest BCUT2D eigenvalue weighted by Crippen LogP contribution is -2.53. The fourth-order valence-electron chi connectivity index (χ4n) is 5.83. The molecule has 6 rings (SSSR count). The average Bonchev–Trinajstić information content (AvgIpc) is 3.09. The van der Waals surface area contributed by atoms with Crippen LogP contribution in [0.2, 0.25) is 0 Å². The van der Waals surface area contributed by atoms with Crippen molar-refractivity contribution in [1.29, 1.82) is 0 Å². The molecule has 3 aliphatic heterocycles. The maximum atomic E-state index is 12.9. The van der Waals surface area contributed by atoms with E-state index in [0.29, 0.717) is 19.1 Å². The molecule has 1 N–H and O–H groups in total. The van der Waals surface area contributed by atoms with Gasteiger partial charge < -0.3 is 19.5 Å². The van der Waals surface area contributed by atoms with Crippen LogP contribution in [-0.2, 0) is 15.9 Å². The van der Waals surface area contributed by atoms with Crippen LogP contribution in [0.1, 0.15) is 43.9 Å². The molecule has 1 unspecified atom stereocenters. The minimum absolute atomic E-state index is 0.0234. The van der Waals surface area contributed by atoms with E-state index in [1.54, 1.807) is 7.11 Å². The summed E-state index contributed by atoms with van der Waals surface area (Å²) in [5, 5.41) is 3.22. The van der Waals surface area contributed by atoms with Crippen molar-refractivity contribution in [3.8, 4) is 16.9 Å². The molecule has 1 aliphatic carbocycles. The zero-order valence-electron chi connectivity index (χ0n) is 20.5. The molecule has 3 heterocycles. The van der Waals surface area contributed by atoms with Gasteiger partial charge in [-0.05, 0) is 78.1 Å². The van der Waals surface area contributed by atoms with Gasteiger partial charge in [0.2, 0.25) is 0 Å². The van der Waals surface area contributed by atoms with Gasteiger partial charge in [0.1, 0.15) is 18.5 Å². The summed E-state index contributed by atoms with van der Waals surface area (Å²) < 4.78 is 16.6. The van der Waals surface area contributed by atoms with Gasteiger partial charge in [-0.3, -0.25) is 4.90 Å². The fourth-order valence-corrected chi connectivity index (χ4v) is 5.83. The first-order chi connectivity index (χ1) is 16.4. The number of nitrogens with zero attached hydrogens (tertiary/aromatic N) is 1. The number of ether oxygens (including phenoxy) is 3. The first-order valence-corrected chi connectivity index (χ1v) is 12.5. The highest BCUT2D eigenvalue weighted by Gasteiger charge is 2.42. The van der Waals surface area contributed by atoms with Crippen LogP contribution in [0.5, 0.6) is 5.75 Å².